The molecule has 4 N–H and O–H groups in total. The van der Waals surface area contributed by atoms with Crippen LogP contribution in [0, 0.1) is 20.8 Å². The van der Waals surface area contributed by atoms with E-state index in [0.717, 1.165) is 34.4 Å². The van der Waals surface area contributed by atoms with E-state index in [-0.39, 0.29) is 41.4 Å². The highest BCUT2D eigenvalue weighted by molar-refractivity contribution is 7.90. The van der Waals surface area contributed by atoms with Crippen LogP contribution < -0.4 is 26.1 Å². The van der Waals surface area contributed by atoms with E-state index in [0.29, 0.717) is 23.2 Å². The Kier molecular flexibility index (Phi) is 11.9. The highest BCUT2D eigenvalue weighted by atomic mass is 32.2. The van der Waals surface area contributed by atoms with E-state index in [1.165, 1.54) is 10.6 Å². The summed E-state index contributed by atoms with van der Waals surface area (Å²) < 4.78 is 42.9. The largest absolute Gasteiger partial charge is 0.487 e. The number of nitrogens with zero attached hydrogens (tertiary/aromatic N) is 2. The van der Waals surface area contributed by atoms with E-state index < -0.39 is 39.1 Å². The molecular formula is C42H51N5O7S. The zero-order valence-corrected chi connectivity index (χ0v) is 33.6. The van der Waals surface area contributed by atoms with Gasteiger partial charge in [0.25, 0.3) is 21.5 Å². The summed E-state index contributed by atoms with van der Waals surface area (Å²) in [5, 5.41) is 2.67. The molecule has 0 saturated heterocycles. The molecule has 12 nitrogen and oxygen atoms in total. The fraction of sp³-hybridized carbons (Fsp3) is 0.381. The number of guanidine groups is 1. The summed E-state index contributed by atoms with van der Waals surface area (Å²) in [6.07, 6.45) is 3.30. The molecule has 13 heteroatoms. The summed E-state index contributed by atoms with van der Waals surface area (Å²) in [6, 6.07) is 19.1. The van der Waals surface area contributed by atoms with Crippen molar-refractivity contribution in [3.05, 3.63) is 111 Å². The first-order valence-electron chi connectivity index (χ1n) is 18.3. The van der Waals surface area contributed by atoms with Gasteiger partial charge < -0.3 is 20.5 Å². The number of nitrogens with one attached hydrogen (secondary N) is 2. The number of sulfonamides is 1. The number of carbonyl (C=O) groups excluding carboxylic acids is 2. The van der Waals surface area contributed by atoms with Crippen LogP contribution in [0.5, 0.6) is 5.75 Å². The highest BCUT2D eigenvalue weighted by Gasteiger charge is 2.34. The van der Waals surface area contributed by atoms with Crippen molar-refractivity contribution in [3.8, 4) is 22.6 Å². The number of ether oxygens (including phenoxy) is 2. The first kappa shape index (κ1) is 40.7. The van der Waals surface area contributed by atoms with Gasteiger partial charge in [0.1, 0.15) is 28.6 Å². The minimum atomic E-state index is -4.11. The average Bonchev–Trinajstić information content (AvgIpc) is 3.11. The van der Waals surface area contributed by atoms with Gasteiger partial charge >= 0.3 is 5.97 Å². The second kappa shape index (κ2) is 16.1. The van der Waals surface area contributed by atoms with Crippen LogP contribution in [0.25, 0.3) is 16.8 Å². The predicted octanol–water partition coefficient (Wildman–Crippen LogP) is 6.05. The van der Waals surface area contributed by atoms with Gasteiger partial charge in [-0.3, -0.25) is 19.1 Å². The van der Waals surface area contributed by atoms with Gasteiger partial charge in [-0.1, -0.05) is 42.5 Å². The van der Waals surface area contributed by atoms with Gasteiger partial charge in [-0.2, -0.15) is 0 Å². The zero-order chi connectivity index (χ0) is 40.3. The molecule has 1 atom stereocenters. The fourth-order valence-electron chi connectivity index (χ4n) is 6.64. The molecule has 1 aromatic heterocycles. The van der Waals surface area contributed by atoms with Crippen molar-refractivity contribution in [2.75, 3.05) is 6.54 Å². The Bertz CT molecular complexity index is 2270. The van der Waals surface area contributed by atoms with Gasteiger partial charge in [-0.25, -0.2) is 17.9 Å². The molecule has 292 valence electrons. The molecule has 1 aliphatic rings. The molecule has 1 amide bonds. The van der Waals surface area contributed by atoms with Gasteiger partial charge in [0.05, 0.1) is 4.90 Å². The Labute approximate surface area is 323 Å². The van der Waals surface area contributed by atoms with Crippen molar-refractivity contribution in [1.29, 1.82) is 0 Å². The van der Waals surface area contributed by atoms with Crippen molar-refractivity contribution in [1.82, 2.24) is 14.6 Å². The van der Waals surface area contributed by atoms with Gasteiger partial charge in [-0.05, 0) is 139 Å². The SMILES string of the molecule is Cc1c(C)c(S(=O)(=O)NC(N)=NCCC[C@H](NC(=O)c2cccn(-c3ccc(-c4ccccc4)cc3)c2=O)C(=O)OC(C)(C)C)c(C)c2c1OC(C)(C)CC2. The van der Waals surface area contributed by atoms with E-state index >= 15 is 0 Å². The molecular weight excluding hydrogens is 719 g/mol. The second-order valence-electron chi connectivity index (χ2n) is 15.5. The molecule has 0 aliphatic carbocycles. The molecule has 0 saturated carbocycles. The third-order valence-electron chi connectivity index (χ3n) is 9.55. The van der Waals surface area contributed by atoms with Crippen LogP contribution >= 0.6 is 0 Å². The standard InChI is InChI=1S/C42H51N5O7S/c1-26-27(2)36(28(3)32-22-23-42(7,8)53-35(26)32)55(51,52)46-40(43)44-24-12-17-34(39(50)54-41(4,5)6)45-37(48)33-16-13-25-47(38(33)49)31-20-18-30(19-21-31)29-14-10-9-11-15-29/h9-11,13-16,18-21,25,34H,12,17,22-24H2,1-8H3,(H,45,48)(H3,43,44,46)/t34-/m0/s1. The smallest absolute Gasteiger partial charge is 0.329 e. The highest BCUT2D eigenvalue weighted by Crippen LogP contribution is 2.42. The van der Waals surface area contributed by atoms with Crippen LogP contribution in [0.1, 0.15) is 86.5 Å². The van der Waals surface area contributed by atoms with Crippen molar-refractivity contribution in [2.24, 2.45) is 10.7 Å². The van der Waals surface area contributed by atoms with Gasteiger partial charge in [0, 0.05) is 18.4 Å². The molecule has 4 aromatic rings. The number of nitrogens with two attached hydrogens (primary N) is 1. The maximum Gasteiger partial charge on any atom is 0.329 e. The molecule has 0 fully saturated rings. The first-order valence-corrected chi connectivity index (χ1v) is 19.8. The van der Waals surface area contributed by atoms with Gasteiger partial charge in [0.15, 0.2) is 0 Å². The number of rotatable bonds is 11. The Morgan fingerprint density at radius 3 is 2.27 bits per heavy atom. The molecule has 55 heavy (non-hydrogen) atoms. The summed E-state index contributed by atoms with van der Waals surface area (Å²) >= 11 is 0. The zero-order valence-electron chi connectivity index (χ0n) is 32.8. The molecule has 1 aliphatic heterocycles. The van der Waals surface area contributed by atoms with Gasteiger partial charge in [-0.15, -0.1) is 0 Å². The van der Waals surface area contributed by atoms with Crippen LogP contribution in [0.2, 0.25) is 0 Å². The molecule has 3 aromatic carbocycles. The predicted molar refractivity (Wildman–Crippen MR) is 214 cm³/mol. The van der Waals surface area contributed by atoms with Crippen molar-refractivity contribution in [2.45, 2.75) is 103 Å². The van der Waals surface area contributed by atoms with Crippen molar-refractivity contribution < 1.29 is 27.5 Å². The second-order valence-corrected chi connectivity index (χ2v) is 17.1. The number of aliphatic imine (C=N–C) groups is 1. The van der Waals surface area contributed by atoms with E-state index in [4.69, 9.17) is 15.2 Å². The molecule has 0 spiro atoms. The number of pyridine rings is 1. The van der Waals surface area contributed by atoms with Crippen molar-refractivity contribution in [3.63, 3.8) is 0 Å². The van der Waals surface area contributed by atoms with Crippen LogP contribution in [-0.2, 0) is 26.0 Å². The Morgan fingerprint density at radius 1 is 0.964 bits per heavy atom. The van der Waals surface area contributed by atoms with E-state index in [2.05, 4.69) is 15.0 Å². The summed E-state index contributed by atoms with van der Waals surface area (Å²) in [6.45, 7) is 14.6. The number of fused-ring (bicyclic) bond motifs is 1. The fourth-order valence-corrected chi connectivity index (χ4v) is 8.16. The number of amides is 1. The number of carbonyl (C=O) groups is 2. The lowest BCUT2D eigenvalue weighted by Crippen LogP contribution is -2.45. The minimum Gasteiger partial charge on any atom is -0.487 e. The van der Waals surface area contributed by atoms with Crippen LogP contribution in [0.3, 0.4) is 0 Å². The van der Waals surface area contributed by atoms with E-state index in [1.807, 2.05) is 63.2 Å². The average molecular weight is 770 g/mol. The quantitative estimate of drug-likeness (QED) is 0.0717. The molecule has 0 bridgehead atoms. The third kappa shape index (κ3) is 9.63. The molecule has 5 rings (SSSR count). The third-order valence-corrected chi connectivity index (χ3v) is 11.2. The van der Waals surface area contributed by atoms with Crippen molar-refractivity contribution >= 4 is 27.9 Å². The number of esters is 1. The number of hydrogen-bond acceptors (Lipinski definition) is 8. The van der Waals surface area contributed by atoms with E-state index in [1.54, 1.807) is 59.0 Å². The van der Waals surface area contributed by atoms with E-state index in [9.17, 15) is 22.8 Å². The Hall–Kier alpha value is -5.43. The maximum atomic E-state index is 13.6. The topological polar surface area (TPSA) is 171 Å². The molecule has 0 unspecified atom stereocenters. The lowest BCUT2D eigenvalue weighted by molar-refractivity contribution is -0.157. The summed E-state index contributed by atoms with van der Waals surface area (Å²) in [4.78, 5) is 44.7. The minimum absolute atomic E-state index is 0.0325. The summed E-state index contributed by atoms with van der Waals surface area (Å²) in [5.41, 5.74) is 9.53. The Morgan fingerprint density at radius 2 is 1.62 bits per heavy atom. The van der Waals surface area contributed by atoms with Crippen LogP contribution in [0.15, 0.2) is 87.6 Å². The molecule has 2 heterocycles. The monoisotopic (exact) mass is 769 g/mol. The summed E-state index contributed by atoms with van der Waals surface area (Å²) in [5.74, 6) is -1.02. The molecule has 0 radical (unpaired) electrons. The van der Waals surface area contributed by atoms with Crippen LogP contribution in [-0.4, -0.2) is 54.6 Å². The summed E-state index contributed by atoms with van der Waals surface area (Å²) in [7, 11) is -4.11. The lowest BCUT2D eigenvalue weighted by Gasteiger charge is -2.35. The first-order chi connectivity index (χ1) is 25.8. The lowest BCUT2D eigenvalue weighted by atomic mass is 9.88. The number of benzene rings is 3. The number of aromatic nitrogens is 1. The number of hydrogen-bond donors (Lipinski definition) is 3. The van der Waals surface area contributed by atoms with Gasteiger partial charge in [0.2, 0.25) is 5.96 Å². The normalized spacial score (nSPS) is 14.7. The Balaban J connectivity index is 1.28. The van der Waals surface area contributed by atoms with Crippen LogP contribution in [0.4, 0.5) is 0 Å². The maximum absolute atomic E-state index is 13.6.